The zero-order valence-corrected chi connectivity index (χ0v) is 62.1. The van der Waals surface area contributed by atoms with Crippen molar-refractivity contribution in [2.75, 3.05) is 39.6 Å². The highest BCUT2D eigenvalue weighted by atomic mass is 31.2. The summed E-state index contributed by atoms with van der Waals surface area (Å²) in [5, 5.41) is 10.6. The first-order valence-corrected chi connectivity index (χ1v) is 40.5. The molecule has 554 valence electrons. The first kappa shape index (κ1) is 92.0. The van der Waals surface area contributed by atoms with E-state index in [1.807, 2.05) is 0 Å². The van der Waals surface area contributed by atoms with E-state index in [1.165, 1.54) is 44.9 Å². The third-order valence-electron chi connectivity index (χ3n) is 15.5. The van der Waals surface area contributed by atoms with Gasteiger partial charge in [0.2, 0.25) is 0 Å². The van der Waals surface area contributed by atoms with E-state index in [1.54, 1.807) is 0 Å². The topological polar surface area (TPSA) is 237 Å². The minimum absolute atomic E-state index is 0.0752. The number of esters is 4. The van der Waals surface area contributed by atoms with Gasteiger partial charge in [-0.3, -0.25) is 37.3 Å². The summed E-state index contributed by atoms with van der Waals surface area (Å²) in [6.07, 6.45) is 71.2. The SMILES string of the molecule is CC/C=C\C/C=C\C/C=C\C/C=C\CCCCCCCCC(=O)OCC(COP(=O)(O)OCC(O)COP(=O)(O)OCC(COC(=O)CCCCCCC/C=C\CCCC)OC(=O)CCCCCCC/C=C\CCCC)OC(=O)CCCCCCC/C=C\C/C=C\CCCCC. The van der Waals surface area contributed by atoms with Crippen LogP contribution in [-0.4, -0.2) is 96.7 Å². The van der Waals surface area contributed by atoms with Crippen LogP contribution in [0.3, 0.4) is 0 Å². The molecule has 0 fully saturated rings. The van der Waals surface area contributed by atoms with Gasteiger partial charge in [-0.05, 0) is 135 Å². The number of aliphatic hydroxyl groups is 1. The summed E-state index contributed by atoms with van der Waals surface area (Å²) in [5.74, 6) is -2.22. The molecule has 17 nitrogen and oxygen atoms in total. The fourth-order valence-electron chi connectivity index (χ4n) is 9.73. The molecule has 0 amide bonds. The molecule has 0 aromatic rings. The molecule has 19 heteroatoms. The van der Waals surface area contributed by atoms with Gasteiger partial charge >= 0.3 is 39.5 Å². The van der Waals surface area contributed by atoms with Crippen LogP contribution in [0.5, 0.6) is 0 Å². The second-order valence-corrected chi connectivity index (χ2v) is 27.8. The summed E-state index contributed by atoms with van der Waals surface area (Å²) in [4.78, 5) is 72.7. The van der Waals surface area contributed by atoms with Crippen molar-refractivity contribution >= 4 is 39.5 Å². The van der Waals surface area contributed by atoms with Crippen LogP contribution in [0.1, 0.15) is 310 Å². The monoisotopic (exact) mass is 1390 g/mol. The summed E-state index contributed by atoms with van der Waals surface area (Å²) in [6.45, 7) is 4.61. The highest BCUT2D eigenvalue weighted by Gasteiger charge is 2.30. The smallest absolute Gasteiger partial charge is 0.462 e. The Morgan fingerprint density at radius 1 is 0.302 bits per heavy atom. The molecule has 5 unspecified atom stereocenters. The molecule has 0 radical (unpaired) electrons. The lowest BCUT2D eigenvalue weighted by atomic mass is 10.1. The lowest BCUT2D eigenvalue weighted by Gasteiger charge is -2.21. The zero-order valence-electron chi connectivity index (χ0n) is 60.3. The van der Waals surface area contributed by atoms with Gasteiger partial charge in [0.15, 0.2) is 12.2 Å². The van der Waals surface area contributed by atoms with Crippen LogP contribution in [0.2, 0.25) is 0 Å². The van der Waals surface area contributed by atoms with E-state index in [0.29, 0.717) is 25.7 Å². The van der Waals surface area contributed by atoms with E-state index < -0.39 is 97.5 Å². The number of hydrogen-bond donors (Lipinski definition) is 3. The van der Waals surface area contributed by atoms with Gasteiger partial charge < -0.3 is 33.8 Å². The van der Waals surface area contributed by atoms with Crippen molar-refractivity contribution in [3.63, 3.8) is 0 Å². The van der Waals surface area contributed by atoms with Gasteiger partial charge in [0, 0.05) is 25.7 Å². The van der Waals surface area contributed by atoms with Gasteiger partial charge in [-0.2, -0.15) is 0 Å². The fraction of sp³-hybridized carbons (Fsp3) is 0.740. The minimum Gasteiger partial charge on any atom is -0.462 e. The van der Waals surface area contributed by atoms with Crippen molar-refractivity contribution < 1.29 is 80.2 Å². The van der Waals surface area contributed by atoms with E-state index in [9.17, 15) is 43.2 Å². The van der Waals surface area contributed by atoms with Crippen molar-refractivity contribution in [1.29, 1.82) is 0 Å². The predicted molar refractivity (Wildman–Crippen MR) is 390 cm³/mol. The molecule has 96 heavy (non-hydrogen) atoms. The number of carbonyl (C=O) groups is 4. The molecule has 0 aliphatic heterocycles. The summed E-state index contributed by atoms with van der Waals surface area (Å²) in [5.41, 5.74) is 0. The van der Waals surface area contributed by atoms with Crippen molar-refractivity contribution in [1.82, 2.24) is 0 Å². The van der Waals surface area contributed by atoms with Crippen molar-refractivity contribution in [3.05, 3.63) is 97.2 Å². The molecule has 0 saturated carbocycles. The normalized spacial score (nSPS) is 14.5. The van der Waals surface area contributed by atoms with E-state index in [4.69, 9.17) is 37.0 Å². The quantitative estimate of drug-likeness (QED) is 0.0169. The second-order valence-electron chi connectivity index (χ2n) is 24.8. The van der Waals surface area contributed by atoms with Crippen LogP contribution in [0.15, 0.2) is 97.2 Å². The molecule has 3 N–H and O–H groups in total. The van der Waals surface area contributed by atoms with Crippen LogP contribution in [0.25, 0.3) is 0 Å². The molecule has 0 bridgehead atoms. The van der Waals surface area contributed by atoms with Crippen LogP contribution in [0, 0.1) is 0 Å². The summed E-state index contributed by atoms with van der Waals surface area (Å²) in [6, 6.07) is 0. The lowest BCUT2D eigenvalue weighted by molar-refractivity contribution is -0.161. The Kier molecular flexibility index (Phi) is 66.6. The van der Waals surface area contributed by atoms with Gasteiger partial charge in [0.25, 0.3) is 0 Å². The molecule has 0 rings (SSSR count). The number of phosphoric ester groups is 2. The van der Waals surface area contributed by atoms with Crippen molar-refractivity contribution in [2.45, 2.75) is 329 Å². The molecule has 0 aliphatic carbocycles. The number of hydrogen-bond acceptors (Lipinski definition) is 15. The first-order valence-electron chi connectivity index (χ1n) is 37.5. The van der Waals surface area contributed by atoms with Gasteiger partial charge in [-0.25, -0.2) is 9.13 Å². The highest BCUT2D eigenvalue weighted by molar-refractivity contribution is 7.47. The van der Waals surface area contributed by atoms with Gasteiger partial charge in [0.05, 0.1) is 26.4 Å². The van der Waals surface area contributed by atoms with E-state index in [-0.39, 0.29) is 25.7 Å². The number of unbranched alkanes of at least 4 members (excludes halogenated alkanes) is 28. The largest absolute Gasteiger partial charge is 0.472 e. The molecular weight excluding hydrogens is 1260 g/mol. The number of allylic oxidation sites excluding steroid dienone is 16. The Labute approximate surface area is 582 Å². The molecule has 0 saturated heterocycles. The van der Waals surface area contributed by atoms with Crippen LogP contribution in [-0.2, 0) is 65.4 Å². The number of rotatable bonds is 70. The maximum Gasteiger partial charge on any atom is 0.472 e. The Morgan fingerprint density at radius 2 is 0.552 bits per heavy atom. The highest BCUT2D eigenvalue weighted by Crippen LogP contribution is 2.45. The third-order valence-corrected chi connectivity index (χ3v) is 17.4. The Balaban J connectivity index is 5.33. The summed E-state index contributed by atoms with van der Waals surface area (Å²) in [7, 11) is -9.95. The maximum absolute atomic E-state index is 13.1. The summed E-state index contributed by atoms with van der Waals surface area (Å²) >= 11 is 0. The third kappa shape index (κ3) is 68.5. The molecule has 0 aromatic heterocycles. The van der Waals surface area contributed by atoms with Crippen LogP contribution >= 0.6 is 15.6 Å². The molecule has 5 atom stereocenters. The Hall–Kier alpha value is -4.02. The maximum atomic E-state index is 13.1. The van der Waals surface area contributed by atoms with Crippen molar-refractivity contribution in [3.8, 4) is 0 Å². The van der Waals surface area contributed by atoms with E-state index in [0.717, 1.165) is 186 Å². The van der Waals surface area contributed by atoms with Gasteiger partial charge in [0.1, 0.15) is 19.3 Å². The molecule has 0 aliphatic rings. The Morgan fingerprint density at radius 3 is 0.875 bits per heavy atom. The second kappa shape index (κ2) is 69.5. The van der Waals surface area contributed by atoms with Gasteiger partial charge in [-0.1, -0.05) is 247 Å². The van der Waals surface area contributed by atoms with Crippen LogP contribution in [0.4, 0.5) is 0 Å². The average Bonchev–Trinajstić information content (AvgIpc) is 1.41. The number of aliphatic hydroxyl groups excluding tert-OH is 1. The number of ether oxygens (including phenoxy) is 4. The molecular formula is C77H134O17P2. The first-order chi connectivity index (χ1) is 46.7. The van der Waals surface area contributed by atoms with Crippen molar-refractivity contribution in [2.24, 2.45) is 0 Å². The predicted octanol–water partition coefficient (Wildman–Crippen LogP) is 21.2. The fourth-order valence-corrected chi connectivity index (χ4v) is 11.3. The standard InChI is InChI=1S/C77H134O17P2/c1-5-9-13-17-21-25-29-31-33-34-35-36-38-39-43-46-50-54-58-62-75(80)88-68-73(94-77(82)64-60-56-52-48-44-40-37-32-30-26-22-18-14-10-6-2)70-92-96(85,86)90-66-71(78)65-89-95(83,84)91-69-72(93-76(81)63-59-55-51-47-42-28-24-20-16-12-8-4)67-87-74(79)61-57-53-49-45-41-27-23-19-15-11-7-3/h9,13,19-26,31-33,35-37,71-73,78H,5-8,10-12,14-18,27-30,34,38-70H2,1-4H3,(H,83,84)(H,85,86)/b13-9-,23-19-,24-20-,25-21-,26-22-,33-31-,36-35-,37-32-. The van der Waals surface area contributed by atoms with E-state index >= 15 is 0 Å². The van der Waals surface area contributed by atoms with Gasteiger partial charge in [-0.15, -0.1) is 0 Å². The minimum atomic E-state index is -4.98. The average molecular weight is 1390 g/mol. The van der Waals surface area contributed by atoms with E-state index in [2.05, 4.69) is 125 Å². The molecule has 0 heterocycles. The number of phosphoric acid groups is 2. The number of carbonyl (C=O) groups excluding carboxylic acids is 4. The lowest BCUT2D eigenvalue weighted by Crippen LogP contribution is -2.30. The van der Waals surface area contributed by atoms with Crippen LogP contribution < -0.4 is 0 Å². The zero-order chi connectivity index (χ0) is 70.4. The summed E-state index contributed by atoms with van der Waals surface area (Å²) < 4.78 is 68.3. The molecule has 0 aromatic carbocycles. The Bertz CT molecular complexity index is 2200. The molecule has 0 spiro atoms.